The number of nitrogens with one attached hydrogen (secondary N) is 1. The first-order valence-corrected chi connectivity index (χ1v) is 10.4. The van der Waals surface area contributed by atoms with E-state index < -0.39 is 5.41 Å². The molecule has 6 heteroatoms. The van der Waals surface area contributed by atoms with Gasteiger partial charge in [0.05, 0.1) is 12.5 Å². The van der Waals surface area contributed by atoms with Gasteiger partial charge in [-0.1, -0.05) is 30.3 Å². The molecule has 1 aliphatic heterocycles. The van der Waals surface area contributed by atoms with Gasteiger partial charge in [0, 0.05) is 30.3 Å². The molecule has 2 aliphatic rings. The molecule has 1 saturated heterocycles. The lowest BCUT2D eigenvalue weighted by molar-refractivity contribution is -0.149. The SMILES string of the molecule is COC(=O)C1(c2ccccc2)CCN(C(=O)c2ccc(NC(=O)C3CC3)cc2)CC1. The standard InChI is InChI=1S/C24H26N2O4/c1-30-23(29)24(19-5-3-2-4-6-19)13-15-26(16-14-24)22(28)18-9-11-20(12-10-18)25-21(27)17-7-8-17/h2-6,9-12,17H,7-8,13-16H2,1H3,(H,25,27). The molecule has 156 valence electrons. The fourth-order valence-corrected chi connectivity index (χ4v) is 4.12. The molecule has 0 bridgehead atoms. The molecule has 2 fully saturated rings. The number of benzene rings is 2. The minimum absolute atomic E-state index is 0.0465. The second-order valence-electron chi connectivity index (χ2n) is 8.07. The summed E-state index contributed by atoms with van der Waals surface area (Å²) >= 11 is 0. The van der Waals surface area contributed by atoms with Crippen molar-refractivity contribution in [3.8, 4) is 0 Å². The summed E-state index contributed by atoms with van der Waals surface area (Å²) in [6.45, 7) is 0.950. The largest absolute Gasteiger partial charge is 0.468 e. The molecule has 0 spiro atoms. The number of anilines is 1. The Morgan fingerprint density at radius 3 is 2.17 bits per heavy atom. The molecule has 6 nitrogen and oxygen atoms in total. The fourth-order valence-electron chi connectivity index (χ4n) is 4.12. The maximum absolute atomic E-state index is 13.0. The highest BCUT2D eigenvalue weighted by molar-refractivity contribution is 5.97. The molecule has 1 saturated carbocycles. The Hall–Kier alpha value is -3.15. The van der Waals surface area contributed by atoms with Gasteiger partial charge in [0.1, 0.15) is 0 Å². The van der Waals surface area contributed by atoms with Crippen molar-refractivity contribution in [1.29, 1.82) is 0 Å². The normalized spacial score (nSPS) is 17.8. The van der Waals surface area contributed by atoms with E-state index in [9.17, 15) is 14.4 Å². The Balaban J connectivity index is 1.43. The van der Waals surface area contributed by atoms with Gasteiger partial charge in [0.2, 0.25) is 5.91 Å². The number of rotatable bonds is 5. The third kappa shape index (κ3) is 3.95. The lowest BCUT2D eigenvalue weighted by Gasteiger charge is -2.40. The molecular weight excluding hydrogens is 380 g/mol. The van der Waals surface area contributed by atoms with E-state index in [4.69, 9.17) is 4.74 Å². The number of esters is 1. The van der Waals surface area contributed by atoms with Gasteiger partial charge in [-0.3, -0.25) is 14.4 Å². The van der Waals surface area contributed by atoms with Gasteiger partial charge in [-0.25, -0.2) is 0 Å². The minimum atomic E-state index is -0.719. The van der Waals surface area contributed by atoms with E-state index in [-0.39, 0.29) is 23.7 Å². The minimum Gasteiger partial charge on any atom is -0.468 e. The summed E-state index contributed by atoms with van der Waals surface area (Å²) in [6.07, 6.45) is 2.94. The van der Waals surface area contributed by atoms with E-state index in [0.717, 1.165) is 18.4 Å². The van der Waals surface area contributed by atoms with Gasteiger partial charge in [-0.15, -0.1) is 0 Å². The van der Waals surface area contributed by atoms with Crippen LogP contribution in [0.25, 0.3) is 0 Å². The second-order valence-corrected chi connectivity index (χ2v) is 8.07. The number of hydrogen-bond acceptors (Lipinski definition) is 4. The first-order chi connectivity index (χ1) is 14.5. The van der Waals surface area contributed by atoms with Gasteiger partial charge in [0.15, 0.2) is 0 Å². The van der Waals surface area contributed by atoms with Crippen molar-refractivity contribution in [2.45, 2.75) is 31.1 Å². The van der Waals surface area contributed by atoms with Gasteiger partial charge < -0.3 is 15.0 Å². The third-order valence-electron chi connectivity index (χ3n) is 6.15. The van der Waals surface area contributed by atoms with Crippen molar-refractivity contribution in [1.82, 2.24) is 4.90 Å². The molecule has 2 aromatic rings. The van der Waals surface area contributed by atoms with Crippen LogP contribution in [0.5, 0.6) is 0 Å². The Morgan fingerprint density at radius 1 is 0.967 bits per heavy atom. The third-order valence-corrected chi connectivity index (χ3v) is 6.15. The van der Waals surface area contributed by atoms with Crippen molar-refractivity contribution in [3.05, 3.63) is 65.7 Å². The van der Waals surface area contributed by atoms with Crippen LogP contribution in [0, 0.1) is 5.92 Å². The molecule has 0 unspecified atom stereocenters. The summed E-state index contributed by atoms with van der Waals surface area (Å²) in [5, 5.41) is 2.88. The number of likely N-dealkylation sites (tertiary alicyclic amines) is 1. The van der Waals surface area contributed by atoms with Crippen molar-refractivity contribution in [2.24, 2.45) is 5.92 Å². The van der Waals surface area contributed by atoms with E-state index in [1.165, 1.54) is 7.11 Å². The predicted octanol–water partition coefficient (Wildman–Crippen LogP) is 3.38. The van der Waals surface area contributed by atoms with Crippen LogP contribution in [0.15, 0.2) is 54.6 Å². The molecule has 4 rings (SSSR count). The van der Waals surface area contributed by atoms with Crippen molar-refractivity contribution in [2.75, 3.05) is 25.5 Å². The van der Waals surface area contributed by atoms with Gasteiger partial charge in [-0.05, 0) is 55.5 Å². The molecular formula is C24H26N2O4. The van der Waals surface area contributed by atoms with Gasteiger partial charge in [-0.2, -0.15) is 0 Å². The van der Waals surface area contributed by atoms with E-state index >= 15 is 0 Å². The zero-order valence-corrected chi connectivity index (χ0v) is 17.1. The lowest BCUT2D eigenvalue weighted by Crippen LogP contribution is -2.49. The summed E-state index contributed by atoms with van der Waals surface area (Å²) in [6, 6.07) is 16.7. The second kappa shape index (κ2) is 8.30. The molecule has 2 amide bonds. The van der Waals surface area contributed by atoms with E-state index in [2.05, 4.69) is 5.32 Å². The molecule has 0 aromatic heterocycles. The molecule has 30 heavy (non-hydrogen) atoms. The Bertz CT molecular complexity index is 927. The molecule has 0 atom stereocenters. The lowest BCUT2D eigenvalue weighted by atomic mass is 9.72. The number of carbonyl (C=O) groups is 3. The van der Waals surface area contributed by atoms with E-state index in [1.807, 2.05) is 30.3 Å². The number of methoxy groups -OCH3 is 1. The van der Waals surface area contributed by atoms with Crippen molar-refractivity contribution < 1.29 is 19.1 Å². The van der Waals surface area contributed by atoms with Crippen LogP contribution in [0.4, 0.5) is 5.69 Å². The molecule has 0 radical (unpaired) electrons. The Morgan fingerprint density at radius 2 is 1.60 bits per heavy atom. The number of hydrogen-bond donors (Lipinski definition) is 1. The van der Waals surface area contributed by atoms with Crippen LogP contribution in [-0.4, -0.2) is 42.9 Å². The average molecular weight is 406 g/mol. The van der Waals surface area contributed by atoms with Crippen LogP contribution < -0.4 is 5.32 Å². The summed E-state index contributed by atoms with van der Waals surface area (Å²) in [4.78, 5) is 39.3. The number of amides is 2. The predicted molar refractivity (Wildman–Crippen MR) is 113 cm³/mol. The Labute approximate surface area is 176 Å². The summed E-state index contributed by atoms with van der Waals surface area (Å²) in [5.41, 5.74) is 1.49. The van der Waals surface area contributed by atoms with E-state index in [1.54, 1.807) is 29.2 Å². The number of nitrogens with zero attached hydrogens (tertiary/aromatic N) is 1. The Kier molecular flexibility index (Phi) is 5.57. The monoisotopic (exact) mass is 406 g/mol. The number of ether oxygens (including phenoxy) is 1. The molecule has 1 N–H and O–H groups in total. The van der Waals surface area contributed by atoms with E-state index in [0.29, 0.717) is 37.2 Å². The summed E-state index contributed by atoms with van der Waals surface area (Å²) in [7, 11) is 1.41. The summed E-state index contributed by atoms with van der Waals surface area (Å²) in [5.74, 6) is -0.136. The zero-order valence-electron chi connectivity index (χ0n) is 17.1. The highest BCUT2D eigenvalue weighted by Gasteiger charge is 2.44. The number of piperidine rings is 1. The molecule has 2 aromatic carbocycles. The first kappa shape index (κ1) is 20.1. The van der Waals surface area contributed by atoms with Crippen LogP contribution in [0.3, 0.4) is 0 Å². The van der Waals surface area contributed by atoms with Crippen molar-refractivity contribution in [3.63, 3.8) is 0 Å². The van der Waals surface area contributed by atoms with Crippen LogP contribution in [0.2, 0.25) is 0 Å². The van der Waals surface area contributed by atoms with Gasteiger partial charge in [0.25, 0.3) is 5.91 Å². The smallest absolute Gasteiger partial charge is 0.316 e. The topological polar surface area (TPSA) is 75.7 Å². The maximum atomic E-state index is 13.0. The van der Waals surface area contributed by atoms with Crippen molar-refractivity contribution >= 4 is 23.5 Å². The molecule has 1 heterocycles. The maximum Gasteiger partial charge on any atom is 0.316 e. The first-order valence-electron chi connectivity index (χ1n) is 10.4. The van der Waals surface area contributed by atoms with Gasteiger partial charge >= 0.3 is 5.97 Å². The zero-order chi connectivity index (χ0) is 21.1. The quantitative estimate of drug-likeness (QED) is 0.773. The summed E-state index contributed by atoms with van der Waals surface area (Å²) < 4.78 is 5.12. The van der Waals surface area contributed by atoms with Crippen LogP contribution in [0.1, 0.15) is 41.6 Å². The van der Waals surface area contributed by atoms with Crippen LogP contribution >= 0.6 is 0 Å². The number of carbonyl (C=O) groups excluding carboxylic acids is 3. The highest BCUT2D eigenvalue weighted by atomic mass is 16.5. The average Bonchev–Trinajstić information content (AvgIpc) is 3.65. The fraction of sp³-hybridized carbons (Fsp3) is 0.375. The molecule has 1 aliphatic carbocycles. The highest BCUT2D eigenvalue weighted by Crippen LogP contribution is 2.37. The van der Waals surface area contributed by atoms with Crippen LogP contribution in [-0.2, 0) is 19.7 Å².